The Labute approximate surface area is 350 Å². The van der Waals surface area contributed by atoms with Gasteiger partial charge in [0.25, 0.3) is 0 Å². The van der Waals surface area contributed by atoms with Gasteiger partial charge in [0.15, 0.2) is 6.10 Å². The molecule has 0 amide bonds. The summed E-state index contributed by atoms with van der Waals surface area (Å²) in [6.07, 6.45) is 57.0. The minimum Gasteiger partial charge on any atom is -0.462 e. The highest BCUT2D eigenvalue weighted by molar-refractivity contribution is 5.71. The van der Waals surface area contributed by atoms with Crippen molar-refractivity contribution in [3.8, 4) is 0 Å². The monoisotopic (exact) mass is 793 g/mol. The van der Waals surface area contributed by atoms with E-state index in [-0.39, 0.29) is 31.1 Å². The molecule has 1 atom stereocenters. The van der Waals surface area contributed by atoms with Gasteiger partial charge in [-0.15, -0.1) is 0 Å². The molecule has 0 N–H and O–H groups in total. The molecule has 0 heterocycles. The Morgan fingerprint density at radius 1 is 0.368 bits per heavy atom. The highest BCUT2D eigenvalue weighted by atomic mass is 16.6. The van der Waals surface area contributed by atoms with Crippen LogP contribution >= 0.6 is 0 Å². The molecule has 0 aromatic rings. The van der Waals surface area contributed by atoms with Crippen molar-refractivity contribution in [2.75, 3.05) is 13.2 Å². The van der Waals surface area contributed by atoms with E-state index in [2.05, 4.69) is 32.9 Å². The van der Waals surface area contributed by atoms with Gasteiger partial charge in [0.1, 0.15) is 13.2 Å². The van der Waals surface area contributed by atoms with Crippen LogP contribution < -0.4 is 0 Å². The molecule has 0 aliphatic heterocycles. The zero-order chi connectivity index (χ0) is 41.5. The van der Waals surface area contributed by atoms with Crippen LogP contribution in [0.4, 0.5) is 0 Å². The molecule has 6 nitrogen and oxygen atoms in total. The average molecular weight is 793 g/mol. The van der Waals surface area contributed by atoms with Crippen LogP contribution in [0.15, 0.2) is 85.1 Å². The van der Waals surface area contributed by atoms with E-state index in [9.17, 15) is 14.4 Å². The lowest BCUT2D eigenvalue weighted by atomic mass is 10.1. The van der Waals surface area contributed by atoms with E-state index in [0.29, 0.717) is 19.3 Å². The first-order valence-electron chi connectivity index (χ1n) is 23.2. The third-order valence-electron chi connectivity index (χ3n) is 9.61. The van der Waals surface area contributed by atoms with Crippen LogP contribution in [0, 0.1) is 0 Å². The lowest BCUT2D eigenvalue weighted by Crippen LogP contribution is -2.30. The molecule has 0 aromatic heterocycles. The lowest BCUT2D eigenvalue weighted by molar-refractivity contribution is -0.167. The second-order valence-corrected chi connectivity index (χ2v) is 15.1. The maximum atomic E-state index is 12.7. The number of hydrogen-bond donors (Lipinski definition) is 0. The first-order valence-corrected chi connectivity index (χ1v) is 23.2. The number of allylic oxidation sites excluding steroid dienone is 14. The van der Waals surface area contributed by atoms with Crippen LogP contribution in [0.25, 0.3) is 0 Å². The van der Waals surface area contributed by atoms with E-state index in [1.807, 2.05) is 72.9 Å². The molecule has 0 bridgehead atoms. The number of carbonyl (C=O) groups is 3. The van der Waals surface area contributed by atoms with Crippen molar-refractivity contribution >= 4 is 17.9 Å². The molecular weight excluding hydrogens is 709 g/mol. The third-order valence-corrected chi connectivity index (χ3v) is 9.61. The molecule has 0 aliphatic carbocycles. The van der Waals surface area contributed by atoms with Gasteiger partial charge < -0.3 is 14.2 Å². The molecule has 0 fully saturated rings. The van der Waals surface area contributed by atoms with Crippen LogP contribution in [0.2, 0.25) is 0 Å². The highest BCUT2D eigenvalue weighted by Crippen LogP contribution is 2.14. The van der Waals surface area contributed by atoms with Crippen LogP contribution in [-0.4, -0.2) is 37.2 Å². The minimum atomic E-state index is -0.789. The van der Waals surface area contributed by atoms with Crippen molar-refractivity contribution in [1.82, 2.24) is 0 Å². The summed E-state index contributed by atoms with van der Waals surface area (Å²) in [6.45, 7) is 6.40. The van der Waals surface area contributed by atoms with Gasteiger partial charge in [0, 0.05) is 19.3 Å². The summed E-state index contributed by atoms with van der Waals surface area (Å²) in [7, 11) is 0. The predicted molar refractivity (Wildman–Crippen MR) is 242 cm³/mol. The van der Waals surface area contributed by atoms with Crippen molar-refractivity contribution < 1.29 is 28.6 Å². The molecule has 0 radical (unpaired) electrons. The maximum Gasteiger partial charge on any atom is 0.306 e. The Balaban J connectivity index is 4.45. The Bertz CT molecular complexity index is 1140. The molecule has 0 aromatic carbocycles. The summed E-state index contributed by atoms with van der Waals surface area (Å²) in [4.78, 5) is 37.7. The zero-order valence-electron chi connectivity index (χ0n) is 36.8. The summed E-state index contributed by atoms with van der Waals surface area (Å²) < 4.78 is 16.7. The van der Waals surface area contributed by atoms with Gasteiger partial charge in [0.2, 0.25) is 0 Å². The molecule has 0 spiro atoms. The number of ether oxygens (including phenoxy) is 3. The maximum absolute atomic E-state index is 12.7. The number of hydrogen-bond acceptors (Lipinski definition) is 6. The number of esters is 3. The minimum absolute atomic E-state index is 0.0899. The van der Waals surface area contributed by atoms with Crippen molar-refractivity contribution in [2.24, 2.45) is 0 Å². The molecule has 1 unspecified atom stereocenters. The summed E-state index contributed by atoms with van der Waals surface area (Å²) >= 11 is 0. The molecule has 0 saturated carbocycles. The standard InChI is InChI=1S/C51H84O6/c1-4-7-10-13-16-19-21-22-23-24-25-26-27-28-30-32-35-38-41-44-50(53)56-47-48(46-55-49(52)43-40-37-34-31-18-15-12-9-6-3)57-51(54)45-42-39-36-33-29-20-17-14-11-8-5-2/h7,10,13,16,19,21-28,30,48H,4-6,8-9,11-12,14-15,17-18,20,29,31-47H2,1-3H3/b10-7-,16-13-,21-19-,23-22-,25-24+,27-26-,30-28-. The quantitative estimate of drug-likeness (QED) is 0.0266. The fourth-order valence-electron chi connectivity index (χ4n) is 6.13. The smallest absolute Gasteiger partial charge is 0.306 e. The van der Waals surface area contributed by atoms with Gasteiger partial charge in [-0.3, -0.25) is 14.4 Å². The van der Waals surface area contributed by atoms with Crippen LogP contribution in [-0.2, 0) is 28.6 Å². The fraction of sp³-hybridized carbons (Fsp3) is 0.667. The molecular formula is C51H84O6. The van der Waals surface area contributed by atoms with Crippen molar-refractivity contribution in [1.29, 1.82) is 0 Å². The van der Waals surface area contributed by atoms with Gasteiger partial charge in [0.05, 0.1) is 0 Å². The van der Waals surface area contributed by atoms with E-state index in [0.717, 1.165) is 70.6 Å². The van der Waals surface area contributed by atoms with Crippen LogP contribution in [0.3, 0.4) is 0 Å². The Kier molecular flexibility index (Phi) is 42.6. The molecule has 0 rings (SSSR count). The Morgan fingerprint density at radius 3 is 1.07 bits per heavy atom. The zero-order valence-corrected chi connectivity index (χ0v) is 36.8. The highest BCUT2D eigenvalue weighted by Gasteiger charge is 2.19. The normalized spacial score (nSPS) is 12.8. The van der Waals surface area contributed by atoms with Gasteiger partial charge in [-0.25, -0.2) is 0 Å². The second-order valence-electron chi connectivity index (χ2n) is 15.1. The lowest BCUT2D eigenvalue weighted by Gasteiger charge is -2.18. The van der Waals surface area contributed by atoms with Crippen molar-refractivity contribution in [3.63, 3.8) is 0 Å². The number of rotatable bonds is 40. The van der Waals surface area contributed by atoms with E-state index < -0.39 is 6.10 Å². The van der Waals surface area contributed by atoms with Crippen molar-refractivity contribution in [2.45, 2.75) is 207 Å². The summed E-state index contributed by atoms with van der Waals surface area (Å²) in [5.41, 5.74) is 0. The second kappa shape index (κ2) is 45.3. The third kappa shape index (κ3) is 43.6. The Hall–Kier alpha value is -3.41. The van der Waals surface area contributed by atoms with Gasteiger partial charge in [-0.1, -0.05) is 228 Å². The largest absolute Gasteiger partial charge is 0.462 e. The van der Waals surface area contributed by atoms with Crippen LogP contribution in [0.1, 0.15) is 201 Å². The average Bonchev–Trinajstić information content (AvgIpc) is 3.21. The predicted octanol–water partition coefficient (Wildman–Crippen LogP) is 14.9. The number of carbonyl (C=O) groups excluding carboxylic acids is 3. The number of unbranched alkanes of at least 4 members (excludes halogenated alkanes) is 21. The fourth-order valence-corrected chi connectivity index (χ4v) is 6.13. The van der Waals surface area contributed by atoms with E-state index >= 15 is 0 Å². The van der Waals surface area contributed by atoms with E-state index in [4.69, 9.17) is 14.2 Å². The summed E-state index contributed by atoms with van der Waals surface area (Å²) in [5, 5.41) is 0. The topological polar surface area (TPSA) is 78.9 Å². The SMILES string of the molecule is CC\C=C/C=C\C=C/C=C\C=C\C=C/C=C\CCCCCC(=O)OCC(COC(=O)CCCCCCCCCCC)OC(=O)CCCCCCCCCCCCC. The first-order chi connectivity index (χ1) is 28.0. The summed E-state index contributed by atoms with van der Waals surface area (Å²) in [5.74, 6) is -0.945. The van der Waals surface area contributed by atoms with Crippen molar-refractivity contribution in [3.05, 3.63) is 85.1 Å². The first kappa shape index (κ1) is 53.6. The van der Waals surface area contributed by atoms with Gasteiger partial charge in [-0.2, -0.15) is 0 Å². The van der Waals surface area contributed by atoms with E-state index in [1.54, 1.807) is 0 Å². The molecule has 0 aliphatic rings. The molecule has 57 heavy (non-hydrogen) atoms. The molecule has 6 heteroatoms. The Morgan fingerprint density at radius 2 is 0.684 bits per heavy atom. The van der Waals surface area contributed by atoms with Gasteiger partial charge in [-0.05, 0) is 38.5 Å². The molecule has 324 valence electrons. The van der Waals surface area contributed by atoms with Crippen LogP contribution in [0.5, 0.6) is 0 Å². The summed E-state index contributed by atoms with van der Waals surface area (Å²) in [6, 6.07) is 0. The molecule has 0 saturated heterocycles. The van der Waals surface area contributed by atoms with E-state index in [1.165, 1.54) is 89.9 Å². The van der Waals surface area contributed by atoms with Gasteiger partial charge >= 0.3 is 17.9 Å².